The molecule has 0 spiro atoms. The highest BCUT2D eigenvalue weighted by Crippen LogP contribution is 2.16. The number of isothiocyanates is 1. The number of amides is 1. The number of pyridine rings is 1. The predicted octanol–water partition coefficient (Wildman–Crippen LogP) is 2.48. The number of hydrogen-bond acceptors (Lipinski definition) is 3. The fourth-order valence-electron chi connectivity index (χ4n) is 1.38. The normalized spacial score (nSPS) is 9.60. The smallest absolute Gasteiger partial charge is 0.264 e. The molecule has 0 saturated carbocycles. The average molecular weight is 214 g/mol. The minimum absolute atomic E-state index is 0.311. The SMILES string of the molecule is O=C(N=C=S)c1nccc2ccccc12. The van der Waals surface area contributed by atoms with E-state index in [2.05, 4.69) is 22.2 Å². The van der Waals surface area contributed by atoms with Crippen LogP contribution < -0.4 is 0 Å². The Balaban J connectivity index is 2.71. The lowest BCUT2D eigenvalue weighted by molar-refractivity contribution is 0.100. The van der Waals surface area contributed by atoms with E-state index in [-0.39, 0.29) is 0 Å². The highest BCUT2D eigenvalue weighted by Gasteiger charge is 2.09. The molecule has 2 rings (SSSR count). The highest BCUT2D eigenvalue weighted by molar-refractivity contribution is 7.78. The van der Waals surface area contributed by atoms with Gasteiger partial charge in [0.1, 0.15) is 5.69 Å². The molecule has 72 valence electrons. The third-order valence-corrected chi connectivity index (χ3v) is 2.11. The minimum Gasteiger partial charge on any atom is -0.264 e. The van der Waals surface area contributed by atoms with Crippen molar-refractivity contribution in [2.75, 3.05) is 0 Å². The predicted molar refractivity (Wildman–Crippen MR) is 61.1 cm³/mol. The summed E-state index contributed by atoms with van der Waals surface area (Å²) in [5.41, 5.74) is 0.311. The Hall–Kier alpha value is -1.90. The molecular formula is C11H6N2OS. The molecule has 0 saturated heterocycles. The van der Waals surface area contributed by atoms with E-state index >= 15 is 0 Å². The third kappa shape index (κ3) is 1.81. The van der Waals surface area contributed by atoms with Crippen molar-refractivity contribution < 1.29 is 4.79 Å². The Labute approximate surface area is 91.5 Å². The number of aliphatic imine (C=N–C) groups is 1. The summed E-state index contributed by atoms with van der Waals surface area (Å²) in [6, 6.07) is 9.33. The molecule has 0 unspecified atom stereocenters. The van der Waals surface area contributed by atoms with Gasteiger partial charge in [0.2, 0.25) is 0 Å². The van der Waals surface area contributed by atoms with Crippen LogP contribution in [0.1, 0.15) is 10.5 Å². The van der Waals surface area contributed by atoms with E-state index in [1.807, 2.05) is 35.5 Å². The summed E-state index contributed by atoms with van der Waals surface area (Å²) >= 11 is 4.39. The Morgan fingerprint density at radius 2 is 2.13 bits per heavy atom. The molecular weight excluding hydrogens is 208 g/mol. The number of benzene rings is 1. The average Bonchev–Trinajstić information content (AvgIpc) is 2.28. The monoisotopic (exact) mass is 214 g/mol. The zero-order valence-corrected chi connectivity index (χ0v) is 8.49. The molecule has 15 heavy (non-hydrogen) atoms. The van der Waals surface area contributed by atoms with Crippen molar-refractivity contribution in [2.24, 2.45) is 4.99 Å². The van der Waals surface area contributed by atoms with Crippen LogP contribution in [-0.4, -0.2) is 16.1 Å². The van der Waals surface area contributed by atoms with Gasteiger partial charge in [0, 0.05) is 11.6 Å². The van der Waals surface area contributed by atoms with Crippen LogP contribution in [0.3, 0.4) is 0 Å². The van der Waals surface area contributed by atoms with Gasteiger partial charge < -0.3 is 0 Å². The van der Waals surface area contributed by atoms with E-state index in [1.165, 1.54) is 0 Å². The fourth-order valence-corrected chi connectivity index (χ4v) is 1.47. The maximum absolute atomic E-state index is 11.5. The van der Waals surface area contributed by atoms with Gasteiger partial charge >= 0.3 is 5.91 Å². The van der Waals surface area contributed by atoms with E-state index in [0.717, 1.165) is 10.8 Å². The molecule has 0 fully saturated rings. The summed E-state index contributed by atoms with van der Waals surface area (Å²) in [4.78, 5) is 18.9. The number of carbonyl (C=O) groups excluding carboxylic acids is 1. The van der Waals surface area contributed by atoms with E-state index in [0.29, 0.717) is 5.69 Å². The van der Waals surface area contributed by atoms with Crippen LogP contribution in [0.2, 0.25) is 0 Å². The summed E-state index contributed by atoms with van der Waals surface area (Å²) in [7, 11) is 0. The van der Waals surface area contributed by atoms with E-state index in [9.17, 15) is 4.79 Å². The molecule has 1 heterocycles. The van der Waals surface area contributed by atoms with E-state index in [4.69, 9.17) is 0 Å². The summed E-state index contributed by atoms with van der Waals surface area (Å²) in [6.07, 6.45) is 1.58. The van der Waals surface area contributed by atoms with Crippen LogP contribution in [0.4, 0.5) is 0 Å². The molecule has 3 nitrogen and oxygen atoms in total. The summed E-state index contributed by atoms with van der Waals surface area (Å²) < 4.78 is 0. The van der Waals surface area contributed by atoms with Gasteiger partial charge in [0.15, 0.2) is 0 Å². The van der Waals surface area contributed by atoms with Crippen LogP contribution in [0.5, 0.6) is 0 Å². The van der Waals surface area contributed by atoms with Gasteiger partial charge in [-0.25, -0.2) is 0 Å². The molecule has 0 radical (unpaired) electrons. The third-order valence-electron chi connectivity index (χ3n) is 2.02. The van der Waals surface area contributed by atoms with Crippen molar-refractivity contribution in [3.63, 3.8) is 0 Å². The number of carbonyl (C=O) groups is 1. The van der Waals surface area contributed by atoms with E-state index < -0.39 is 5.91 Å². The molecule has 0 atom stereocenters. The van der Waals surface area contributed by atoms with Crippen molar-refractivity contribution >= 4 is 34.1 Å². The van der Waals surface area contributed by atoms with Crippen LogP contribution >= 0.6 is 12.2 Å². The molecule has 1 aromatic heterocycles. The number of thiocarbonyl (C=S) groups is 1. The van der Waals surface area contributed by atoms with Crippen LogP contribution in [0, 0.1) is 0 Å². The second kappa shape index (κ2) is 4.09. The van der Waals surface area contributed by atoms with Crippen LogP contribution in [0.25, 0.3) is 10.8 Å². The first-order valence-corrected chi connectivity index (χ1v) is 4.69. The summed E-state index contributed by atoms with van der Waals surface area (Å²) in [6.45, 7) is 0. The van der Waals surface area contributed by atoms with Crippen molar-refractivity contribution in [1.82, 2.24) is 4.98 Å². The first kappa shape index (κ1) is 9.65. The van der Waals surface area contributed by atoms with Gasteiger partial charge in [0.25, 0.3) is 0 Å². The molecule has 0 aliphatic rings. The van der Waals surface area contributed by atoms with E-state index in [1.54, 1.807) is 6.20 Å². The number of rotatable bonds is 1. The zero-order valence-electron chi connectivity index (χ0n) is 7.68. The number of hydrogen-bond donors (Lipinski definition) is 0. The van der Waals surface area contributed by atoms with Gasteiger partial charge in [-0.1, -0.05) is 24.3 Å². The molecule has 1 amide bonds. The number of nitrogens with zero attached hydrogens (tertiary/aromatic N) is 2. The second-order valence-electron chi connectivity index (χ2n) is 2.89. The summed E-state index contributed by atoms with van der Waals surface area (Å²) in [5, 5.41) is 3.78. The van der Waals surface area contributed by atoms with Crippen LogP contribution in [0.15, 0.2) is 41.5 Å². The molecule has 2 aromatic rings. The molecule has 0 aliphatic heterocycles. The van der Waals surface area contributed by atoms with Crippen molar-refractivity contribution in [3.8, 4) is 0 Å². The lowest BCUT2D eigenvalue weighted by atomic mass is 10.1. The van der Waals surface area contributed by atoms with Crippen molar-refractivity contribution in [3.05, 3.63) is 42.2 Å². The molecule has 0 bridgehead atoms. The first-order chi connectivity index (χ1) is 7.33. The van der Waals surface area contributed by atoms with Crippen molar-refractivity contribution in [1.29, 1.82) is 0 Å². The lowest BCUT2D eigenvalue weighted by Crippen LogP contribution is -1.98. The Morgan fingerprint density at radius 3 is 2.93 bits per heavy atom. The molecule has 0 N–H and O–H groups in total. The Kier molecular flexibility index (Phi) is 2.63. The standard InChI is InChI=1S/C11H6N2OS/c14-11(13-7-15)10-9-4-2-1-3-8(9)5-6-12-10/h1-6H. The lowest BCUT2D eigenvalue weighted by Gasteiger charge is -1.99. The van der Waals surface area contributed by atoms with Gasteiger partial charge in [-0.2, -0.15) is 4.99 Å². The first-order valence-electron chi connectivity index (χ1n) is 4.29. The quantitative estimate of drug-likeness (QED) is 0.541. The zero-order chi connectivity index (χ0) is 10.7. The highest BCUT2D eigenvalue weighted by atomic mass is 32.1. The van der Waals surface area contributed by atoms with Gasteiger partial charge in [-0.15, -0.1) is 0 Å². The second-order valence-corrected chi connectivity index (χ2v) is 3.07. The van der Waals surface area contributed by atoms with Crippen LogP contribution in [-0.2, 0) is 0 Å². The largest absolute Gasteiger partial charge is 0.305 e. The van der Waals surface area contributed by atoms with Gasteiger partial charge in [-0.3, -0.25) is 9.78 Å². The molecule has 4 heteroatoms. The van der Waals surface area contributed by atoms with Gasteiger partial charge in [0.05, 0.1) is 5.16 Å². The van der Waals surface area contributed by atoms with Gasteiger partial charge in [-0.05, 0) is 23.7 Å². The Bertz CT molecular complexity index is 568. The topological polar surface area (TPSA) is 42.3 Å². The Morgan fingerprint density at radius 1 is 1.33 bits per heavy atom. The fraction of sp³-hybridized carbons (Fsp3) is 0. The molecule has 0 aliphatic carbocycles. The minimum atomic E-state index is -0.457. The summed E-state index contributed by atoms with van der Waals surface area (Å²) in [5.74, 6) is -0.457. The maximum Gasteiger partial charge on any atom is 0.305 e. The van der Waals surface area contributed by atoms with Crippen molar-refractivity contribution in [2.45, 2.75) is 0 Å². The number of fused-ring (bicyclic) bond motifs is 1. The molecule has 1 aromatic carbocycles. The maximum atomic E-state index is 11.5. The number of aromatic nitrogens is 1.